The summed E-state index contributed by atoms with van der Waals surface area (Å²) in [6, 6.07) is 22.7. The molecule has 1 aliphatic carbocycles. The van der Waals surface area contributed by atoms with E-state index in [-0.39, 0.29) is 18.2 Å². The van der Waals surface area contributed by atoms with Crippen molar-refractivity contribution in [1.82, 2.24) is 5.32 Å². The van der Waals surface area contributed by atoms with E-state index in [2.05, 4.69) is 11.4 Å². The molecule has 0 heterocycles. The third kappa shape index (κ3) is 6.03. The van der Waals surface area contributed by atoms with Crippen LogP contribution in [0.25, 0.3) is 0 Å². The number of nitriles is 1. The van der Waals surface area contributed by atoms with Crippen molar-refractivity contribution < 1.29 is 31.1 Å². The van der Waals surface area contributed by atoms with Crippen LogP contribution in [0.1, 0.15) is 53.7 Å². The average molecular weight is 533 g/mol. The smallest absolute Gasteiger partial charge is 0.373 e. The number of alkyl halides is 6. The summed E-state index contributed by atoms with van der Waals surface area (Å²) in [5.74, 6) is 0. The van der Waals surface area contributed by atoms with Gasteiger partial charge in [-0.1, -0.05) is 60.7 Å². The maximum Gasteiger partial charge on any atom is 0.416 e. The molecule has 200 valence electrons. The van der Waals surface area contributed by atoms with Crippen molar-refractivity contribution in [2.24, 2.45) is 0 Å². The number of nitrogens with one attached hydrogen (secondary N) is 1. The van der Waals surface area contributed by atoms with Crippen molar-refractivity contribution in [3.8, 4) is 6.07 Å². The SMILES string of the molecule is C[C@@H](OCC1(c2ccccc2)CC(C#N)(NCc2ccccc2)C1)c1cc(C(F)(F)F)cc(C(F)(F)F)c1. The molecule has 9 heteroatoms. The first-order valence-electron chi connectivity index (χ1n) is 12.0. The van der Waals surface area contributed by atoms with Crippen LogP contribution < -0.4 is 5.32 Å². The fraction of sp³-hybridized carbons (Fsp3) is 0.345. The van der Waals surface area contributed by atoms with Gasteiger partial charge in [-0.15, -0.1) is 0 Å². The minimum absolute atomic E-state index is 0.0201. The zero-order valence-electron chi connectivity index (χ0n) is 20.5. The second-order valence-electron chi connectivity index (χ2n) is 9.83. The number of nitrogens with zero attached hydrogens (tertiary/aromatic N) is 1. The molecule has 3 aromatic rings. The molecule has 1 saturated carbocycles. The molecule has 0 radical (unpaired) electrons. The lowest BCUT2D eigenvalue weighted by Gasteiger charge is -2.53. The van der Waals surface area contributed by atoms with Gasteiger partial charge in [0.2, 0.25) is 0 Å². The molecule has 0 aliphatic heterocycles. The van der Waals surface area contributed by atoms with Gasteiger partial charge in [-0.25, -0.2) is 0 Å². The number of halogens is 6. The molecule has 0 bridgehead atoms. The first-order chi connectivity index (χ1) is 17.9. The molecule has 1 N–H and O–H groups in total. The highest BCUT2D eigenvalue weighted by Crippen LogP contribution is 2.51. The van der Waals surface area contributed by atoms with Crippen LogP contribution in [-0.4, -0.2) is 12.1 Å². The molecule has 0 unspecified atom stereocenters. The monoisotopic (exact) mass is 532 g/mol. The molecule has 3 nitrogen and oxygen atoms in total. The third-order valence-electron chi connectivity index (χ3n) is 7.04. The second-order valence-corrected chi connectivity index (χ2v) is 9.83. The first kappa shape index (κ1) is 27.7. The topological polar surface area (TPSA) is 45.0 Å². The van der Waals surface area contributed by atoms with Crippen LogP contribution in [0.4, 0.5) is 26.3 Å². The molecule has 0 amide bonds. The Morgan fingerprint density at radius 1 is 0.868 bits per heavy atom. The van der Waals surface area contributed by atoms with E-state index in [0.29, 0.717) is 31.5 Å². The minimum Gasteiger partial charge on any atom is -0.373 e. The van der Waals surface area contributed by atoms with Gasteiger partial charge in [-0.3, -0.25) is 5.32 Å². The summed E-state index contributed by atoms with van der Waals surface area (Å²) < 4.78 is 86.0. The highest BCUT2D eigenvalue weighted by molar-refractivity contribution is 5.38. The Kier molecular flexibility index (Phi) is 7.60. The summed E-state index contributed by atoms with van der Waals surface area (Å²) in [4.78, 5) is 0. The van der Waals surface area contributed by atoms with E-state index in [1.165, 1.54) is 6.92 Å². The molecule has 1 fully saturated rings. The quantitative estimate of drug-likeness (QED) is 0.304. The Labute approximate surface area is 217 Å². The summed E-state index contributed by atoms with van der Waals surface area (Å²) >= 11 is 0. The van der Waals surface area contributed by atoms with Gasteiger partial charge in [0, 0.05) is 12.0 Å². The van der Waals surface area contributed by atoms with Gasteiger partial charge in [-0.05, 0) is 54.7 Å². The summed E-state index contributed by atoms with van der Waals surface area (Å²) in [7, 11) is 0. The third-order valence-corrected chi connectivity index (χ3v) is 7.04. The lowest BCUT2D eigenvalue weighted by molar-refractivity contribution is -0.143. The van der Waals surface area contributed by atoms with E-state index in [9.17, 15) is 31.6 Å². The molecule has 4 rings (SSSR count). The van der Waals surface area contributed by atoms with E-state index < -0.39 is 40.5 Å². The van der Waals surface area contributed by atoms with Crippen molar-refractivity contribution in [1.29, 1.82) is 5.26 Å². The van der Waals surface area contributed by atoms with Crippen LogP contribution in [0.5, 0.6) is 0 Å². The number of ether oxygens (including phenoxy) is 1. The fourth-order valence-corrected chi connectivity index (χ4v) is 4.99. The molecule has 0 saturated heterocycles. The zero-order chi connectivity index (χ0) is 27.6. The van der Waals surface area contributed by atoms with Gasteiger partial charge in [0.05, 0.1) is 29.9 Å². The molecular weight excluding hydrogens is 506 g/mol. The molecule has 0 spiro atoms. The van der Waals surface area contributed by atoms with E-state index in [0.717, 1.165) is 11.1 Å². The first-order valence-corrected chi connectivity index (χ1v) is 12.0. The van der Waals surface area contributed by atoms with E-state index in [1.54, 1.807) is 0 Å². The lowest BCUT2D eigenvalue weighted by atomic mass is 9.55. The van der Waals surface area contributed by atoms with Crippen LogP contribution in [-0.2, 0) is 29.0 Å². The number of hydrogen-bond acceptors (Lipinski definition) is 3. The number of rotatable bonds is 8. The molecule has 1 aliphatic rings. The highest BCUT2D eigenvalue weighted by atomic mass is 19.4. The van der Waals surface area contributed by atoms with Crippen molar-refractivity contribution in [2.75, 3.05) is 6.61 Å². The van der Waals surface area contributed by atoms with Gasteiger partial charge in [0.15, 0.2) is 0 Å². The molecule has 38 heavy (non-hydrogen) atoms. The van der Waals surface area contributed by atoms with Gasteiger partial charge < -0.3 is 4.74 Å². The van der Waals surface area contributed by atoms with Crippen LogP contribution >= 0.6 is 0 Å². The summed E-state index contributed by atoms with van der Waals surface area (Å²) in [6.07, 6.45) is -10.2. The van der Waals surface area contributed by atoms with Gasteiger partial charge >= 0.3 is 12.4 Å². The maximum absolute atomic E-state index is 13.3. The standard InChI is InChI=1S/C29H26F6N2O/c1-20(22-12-24(28(30,31)32)14-25(13-22)29(33,34)35)38-19-26(23-10-6-3-7-11-23)16-27(17-26,18-36)37-15-21-8-4-2-5-9-21/h2-14,20,37H,15-17,19H2,1H3/t20-,26?,27?/m1/s1. The van der Waals surface area contributed by atoms with Crippen molar-refractivity contribution in [2.45, 2.75) is 55.7 Å². The number of hydrogen-bond donors (Lipinski definition) is 1. The Morgan fingerprint density at radius 2 is 1.39 bits per heavy atom. The predicted octanol–water partition coefficient (Wildman–Crippen LogP) is 7.59. The Hall–Kier alpha value is -3.35. The van der Waals surface area contributed by atoms with E-state index in [4.69, 9.17) is 4.74 Å². The van der Waals surface area contributed by atoms with Crippen LogP contribution in [0.3, 0.4) is 0 Å². The lowest BCUT2D eigenvalue weighted by Crippen LogP contribution is -2.63. The van der Waals surface area contributed by atoms with Crippen molar-refractivity contribution >= 4 is 0 Å². The summed E-state index contributed by atoms with van der Waals surface area (Å²) in [5, 5.41) is 13.3. The largest absolute Gasteiger partial charge is 0.416 e. The maximum atomic E-state index is 13.3. The Balaban J connectivity index is 1.55. The molecule has 3 aromatic carbocycles. The fourth-order valence-electron chi connectivity index (χ4n) is 4.99. The molecule has 0 aromatic heterocycles. The summed E-state index contributed by atoms with van der Waals surface area (Å²) in [5.41, 5.74) is -2.57. The van der Waals surface area contributed by atoms with Crippen LogP contribution in [0, 0.1) is 11.3 Å². The van der Waals surface area contributed by atoms with Crippen LogP contribution in [0.15, 0.2) is 78.9 Å². The second kappa shape index (κ2) is 10.4. The molecular formula is C29H26F6N2O. The highest BCUT2D eigenvalue weighted by Gasteiger charge is 2.56. The average Bonchev–Trinajstić information content (AvgIpc) is 2.87. The van der Waals surface area contributed by atoms with Crippen LogP contribution in [0.2, 0.25) is 0 Å². The Morgan fingerprint density at radius 3 is 1.89 bits per heavy atom. The predicted molar refractivity (Wildman–Crippen MR) is 130 cm³/mol. The normalized spacial score (nSPS) is 22.4. The van der Waals surface area contributed by atoms with E-state index in [1.807, 2.05) is 60.7 Å². The number of benzene rings is 3. The van der Waals surface area contributed by atoms with Crippen molar-refractivity contribution in [3.63, 3.8) is 0 Å². The van der Waals surface area contributed by atoms with Crippen molar-refractivity contribution in [3.05, 3.63) is 107 Å². The zero-order valence-corrected chi connectivity index (χ0v) is 20.5. The van der Waals surface area contributed by atoms with Gasteiger partial charge in [0.1, 0.15) is 5.54 Å². The van der Waals surface area contributed by atoms with Gasteiger partial charge in [0.25, 0.3) is 0 Å². The summed E-state index contributed by atoms with van der Waals surface area (Å²) in [6.45, 7) is 1.92. The Bertz CT molecular complexity index is 1240. The van der Waals surface area contributed by atoms with E-state index >= 15 is 0 Å². The minimum atomic E-state index is -4.94. The molecule has 1 atom stereocenters. The van der Waals surface area contributed by atoms with Gasteiger partial charge in [-0.2, -0.15) is 31.6 Å².